The van der Waals surface area contributed by atoms with Crippen LogP contribution < -0.4 is 10.9 Å². The van der Waals surface area contributed by atoms with E-state index in [1.165, 1.54) is 10.7 Å². The van der Waals surface area contributed by atoms with E-state index in [-0.39, 0.29) is 23.8 Å². The van der Waals surface area contributed by atoms with Crippen molar-refractivity contribution in [1.29, 1.82) is 0 Å². The van der Waals surface area contributed by atoms with Crippen LogP contribution in [-0.4, -0.2) is 20.1 Å². The summed E-state index contributed by atoms with van der Waals surface area (Å²) in [5.41, 5.74) is 1.72. The molecular weight excluding hydrogens is 363 g/mol. The van der Waals surface area contributed by atoms with E-state index in [1.54, 1.807) is 54.8 Å². The third kappa shape index (κ3) is 2.87. The Hall–Kier alpha value is -3.42. The number of carbonyl (C=O) groups excluding carboxylic acids is 1. The quantitative estimate of drug-likeness (QED) is 0.575. The smallest absolute Gasteiger partial charge is 0.291 e. The predicted octanol–water partition coefficient (Wildman–Crippen LogP) is 2.96. The minimum Gasteiger partial charge on any atom is -0.463 e. The normalized spacial score (nSPS) is 12.5. The van der Waals surface area contributed by atoms with Crippen LogP contribution in [0.2, 0.25) is 0 Å². The molecule has 1 aromatic carbocycles. The van der Waals surface area contributed by atoms with Gasteiger partial charge in [0.2, 0.25) is 5.91 Å². The van der Waals surface area contributed by atoms with E-state index >= 15 is 0 Å². The second kappa shape index (κ2) is 6.95. The number of rotatable bonds is 5. The van der Waals surface area contributed by atoms with Crippen LogP contribution >= 0.6 is 0 Å². The average Bonchev–Trinajstić information content (AvgIpc) is 3.27. The third-order valence-electron chi connectivity index (χ3n) is 4.82. The van der Waals surface area contributed by atoms with E-state index in [9.17, 15) is 14.0 Å². The topological polar surface area (TPSA) is 81.5 Å². The van der Waals surface area contributed by atoms with Gasteiger partial charge in [-0.05, 0) is 19.4 Å². The van der Waals surface area contributed by atoms with Crippen LogP contribution in [0.4, 0.5) is 4.39 Å². The molecule has 4 rings (SSSR count). The molecule has 144 valence electrons. The molecule has 28 heavy (non-hydrogen) atoms. The molecule has 8 heteroatoms. The molecule has 7 nitrogen and oxygen atoms in total. The van der Waals surface area contributed by atoms with Crippen molar-refractivity contribution in [3.8, 4) is 0 Å². The number of benzene rings is 1. The lowest BCUT2D eigenvalue weighted by atomic mass is 10.2. The number of furan rings is 1. The molecule has 0 aliphatic rings. The Morgan fingerprint density at radius 1 is 1.29 bits per heavy atom. The highest BCUT2D eigenvalue weighted by atomic mass is 19.1. The van der Waals surface area contributed by atoms with Crippen LogP contribution in [0.5, 0.6) is 0 Å². The predicted molar refractivity (Wildman–Crippen MR) is 102 cm³/mol. The molecule has 1 amide bonds. The highest BCUT2D eigenvalue weighted by Gasteiger charge is 2.24. The molecule has 1 atom stereocenters. The Bertz CT molecular complexity index is 1240. The maximum atomic E-state index is 13.8. The summed E-state index contributed by atoms with van der Waals surface area (Å²) in [7, 11) is 0. The fourth-order valence-electron chi connectivity index (χ4n) is 3.42. The number of nitrogens with zero attached hydrogens (tertiary/aromatic N) is 3. The first kappa shape index (κ1) is 18.0. The first-order valence-electron chi connectivity index (χ1n) is 9.00. The van der Waals surface area contributed by atoms with Gasteiger partial charge in [-0.15, -0.1) is 0 Å². The number of halogens is 1. The van der Waals surface area contributed by atoms with Crippen molar-refractivity contribution in [1.82, 2.24) is 19.5 Å². The highest BCUT2D eigenvalue weighted by molar-refractivity contribution is 5.83. The lowest BCUT2D eigenvalue weighted by Gasteiger charge is -2.18. The first-order valence-corrected chi connectivity index (χ1v) is 9.00. The van der Waals surface area contributed by atoms with Gasteiger partial charge in [0.1, 0.15) is 23.2 Å². The zero-order valence-electron chi connectivity index (χ0n) is 15.5. The molecule has 0 fully saturated rings. The maximum Gasteiger partial charge on any atom is 0.291 e. The summed E-state index contributed by atoms with van der Waals surface area (Å²) in [6.45, 7) is 3.60. The molecule has 4 aromatic rings. The molecule has 0 spiro atoms. The average molecular weight is 382 g/mol. The van der Waals surface area contributed by atoms with E-state index in [0.717, 1.165) is 5.52 Å². The minimum atomic E-state index is -0.802. The Balaban J connectivity index is 1.68. The molecule has 0 unspecified atom stereocenters. The number of fused-ring (bicyclic) bond motifs is 3. The molecule has 3 aromatic heterocycles. The van der Waals surface area contributed by atoms with Gasteiger partial charge in [-0.2, -0.15) is 5.10 Å². The number of hydrogen-bond acceptors (Lipinski definition) is 4. The summed E-state index contributed by atoms with van der Waals surface area (Å²) in [5, 5.41) is 7.06. The van der Waals surface area contributed by atoms with Crippen LogP contribution in [0.3, 0.4) is 0 Å². The van der Waals surface area contributed by atoms with Crippen molar-refractivity contribution >= 4 is 22.5 Å². The number of aromatic nitrogens is 3. The Kier molecular flexibility index (Phi) is 4.46. The number of hydrogen-bond donors (Lipinski definition) is 1. The van der Waals surface area contributed by atoms with Gasteiger partial charge in [0, 0.05) is 24.2 Å². The van der Waals surface area contributed by atoms with Crippen molar-refractivity contribution in [3.05, 3.63) is 70.2 Å². The number of amides is 1. The van der Waals surface area contributed by atoms with Crippen LogP contribution in [-0.2, 0) is 11.3 Å². The van der Waals surface area contributed by atoms with E-state index in [4.69, 9.17) is 4.42 Å². The number of aryl methyl sites for hydroxylation is 1. The van der Waals surface area contributed by atoms with Gasteiger partial charge < -0.3 is 9.73 Å². The summed E-state index contributed by atoms with van der Waals surface area (Å²) in [4.78, 5) is 25.7. The van der Waals surface area contributed by atoms with Crippen molar-refractivity contribution in [3.63, 3.8) is 0 Å². The van der Waals surface area contributed by atoms with Crippen molar-refractivity contribution in [2.24, 2.45) is 0 Å². The fourth-order valence-corrected chi connectivity index (χ4v) is 3.42. The lowest BCUT2D eigenvalue weighted by Crippen LogP contribution is -2.39. The Morgan fingerprint density at radius 2 is 2.07 bits per heavy atom. The minimum absolute atomic E-state index is 0.0377. The molecule has 0 aliphatic heterocycles. The maximum absolute atomic E-state index is 13.8. The highest BCUT2D eigenvalue weighted by Crippen LogP contribution is 2.21. The van der Waals surface area contributed by atoms with E-state index in [2.05, 4.69) is 10.4 Å². The summed E-state index contributed by atoms with van der Waals surface area (Å²) >= 11 is 0. The third-order valence-corrected chi connectivity index (χ3v) is 4.82. The van der Waals surface area contributed by atoms with E-state index < -0.39 is 6.04 Å². The summed E-state index contributed by atoms with van der Waals surface area (Å²) < 4.78 is 22.1. The summed E-state index contributed by atoms with van der Waals surface area (Å²) in [5.74, 6) is -0.218. The van der Waals surface area contributed by atoms with Crippen molar-refractivity contribution in [2.45, 2.75) is 32.9 Å². The van der Waals surface area contributed by atoms with Crippen molar-refractivity contribution < 1.29 is 13.6 Å². The molecule has 0 saturated heterocycles. The SMILES string of the molecule is CC[C@H](C(=O)NCc1ccccc1F)n1nc(C)n2c(cc3occc32)c1=O. The van der Waals surface area contributed by atoms with Gasteiger partial charge in [-0.1, -0.05) is 25.1 Å². The van der Waals surface area contributed by atoms with Gasteiger partial charge in [-0.3, -0.25) is 14.0 Å². The molecular formula is C20H19FN4O3. The van der Waals surface area contributed by atoms with Gasteiger partial charge >= 0.3 is 0 Å². The molecule has 0 bridgehead atoms. The second-order valence-corrected chi connectivity index (χ2v) is 6.57. The summed E-state index contributed by atoms with van der Waals surface area (Å²) in [6, 6.07) is 8.84. The standard InChI is InChI=1S/C20H19FN4O3/c1-3-15(19(26)22-11-13-6-4-5-7-14(13)21)25-20(27)17-10-18-16(8-9-28-18)24(17)12(2)23-25/h4-10,15H,3,11H2,1-2H3,(H,22,26)/t15-/m1/s1. The van der Waals surface area contributed by atoms with E-state index in [0.29, 0.717) is 28.9 Å². The van der Waals surface area contributed by atoms with Crippen LogP contribution in [0.15, 0.2) is 51.9 Å². The Morgan fingerprint density at radius 3 is 2.82 bits per heavy atom. The molecule has 3 heterocycles. The molecule has 1 N–H and O–H groups in total. The number of nitrogens with one attached hydrogen (secondary N) is 1. The Labute approximate surface area is 159 Å². The molecule has 0 aliphatic carbocycles. The molecule has 0 radical (unpaired) electrons. The largest absolute Gasteiger partial charge is 0.463 e. The lowest BCUT2D eigenvalue weighted by molar-refractivity contribution is -0.125. The zero-order chi connectivity index (χ0) is 19.8. The van der Waals surface area contributed by atoms with Crippen molar-refractivity contribution in [2.75, 3.05) is 0 Å². The fraction of sp³-hybridized carbons (Fsp3) is 0.250. The zero-order valence-corrected chi connectivity index (χ0v) is 15.5. The van der Waals surface area contributed by atoms with Gasteiger partial charge in [0.25, 0.3) is 5.56 Å². The second-order valence-electron chi connectivity index (χ2n) is 6.57. The molecule has 0 saturated carbocycles. The van der Waals surface area contributed by atoms with Gasteiger partial charge in [0.05, 0.1) is 11.8 Å². The van der Waals surface area contributed by atoms with Crippen LogP contribution in [0.25, 0.3) is 16.6 Å². The first-order chi connectivity index (χ1) is 13.5. The van der Waals surface area contributed by atoms with E-state index in [1.807, 2.05) is 0 Å². The van der Waals surface area contributed by atoms with Gasteiger partial charge in [-0.25, -0.2) is 9.07 Å². The monoisotopic (exact) mass is 382 g/mol. The number of carbonyl (C=O) groups is 1. The summed E-state index contributed by atoms with van der Waals surface area (Å²) in [6.07, 6.45) is 1.91. The van der Waals surface area contributed by atoms with Gasteiger partial charge in [0.15, 0.2) is 5.58 Å². The van der Waals surface area contributed by atoms with Crippen LogP contribution in [0.1, 0.15) is 30.8 Å². The van der Waals surface area contributed by atoms with Crippen LogP contribution in [0, 0.1) is 12.7 Å².